The second-order valence-electron chi connectivity index (χ2n) is 4.81. The summed E-state index contributed by atoms with van der Waals surface area (Å²) in [4.78, 5) is 11.0. The third-order valence-corrected chi connectivity index (χ3v) is 4.37. The molecule has 2 atom stereocenters. The molecule has 2 unspecified atom stereocenters. The van der Waals surface area contributed by atoms with E-state index in [0.717, 1.165) is 24.3 Å². The number of hydrazine groups is 1. The minimum Gasteiger partial charge on any atom is -0.354 e. The monoisotopic (exact) mass is 279 g/mol. The van der Waals surface area contributed by atoms with E-state index in [-0.39, 0.29) is 0 Å². The molecule has 0 aromatic carbocycles. The van der Waals surface area contributed by atoms with E-state index in [4.69, 9.17) is 5.84 Å². The van der Waals surface area contributed by atoms with Gasteiger partial charge in [-0.15, -0.1) is 0 Å². The molecule has 2 aromatic rings. The highest BCUT2D eigenvalue weighted by molar-refractivity contribution is 8.00. The second kappa shape index (κ2) is 4.86. The zero-order chi connectivity index (χ0) is 13.4. The van der Waals surface area contributed by atoms with E-state index in [1.807, 2.05) is 11.8 Å². The summed E-state index contributed by atoms with van der Waals surface area (Å²) < 4.78 is 0. The first-order valence-electron chi connectivity index (χ1n) is 6.25. The lowest BCUT2D eigenvalue weighted by Crippen LogP contribution is -2.41. The first-order valence-corrected chi connectivity index (χ1v) is 7.20. The number of nitrogens with one attached hydrogen (secondary N) is 2. The number of nitrogens with two attached hydrogens (primary N) is 1. The van der Waals surface area contributed by atoms with Crippen LogP contribution in [0.5, 0.6) is 0 Å². The molecule has 19 heavy (non-hydrogen) atoms. The van der Waals surface area contributed by atoms with Crippen LogP contribution in [-0.4, -0.2) is 43.8 Å². The molecule has 1 fully saturated rings. The summed E-state index contributed by atoms with van der Waals surface area (Å²) in [6.07, 6.45) is 1.77. The van der Waals surface area contributed by atoms with Gasteiger partial charge >= 0.3 is 0 Å². The van der Waals surface area contributed by atoms with Crippen LogP contribution in [0.25, 0.3) is 11.0 Å². The Balaban J connectivity index is 2.05. The molecule has 1 aliphatic rings. The third kappa shape index (κ3) is 2.33. The van der Waals surface area contributed by atoms with Crippen LogP contribution in [-0.2, 0) is 0 Å². The van der Waals surface area contributed by atoms with Crippen molar-refractivity contribution in [3.63, 3.8) is 0 Å². The summed E-state index contributed by atoms with van der Waals surface area (Å²) in [5.74, 6) is 6.73. The fourth-order valence-corrected chi connectivity index (χ4v) is 3.80. The Hall–Kier alpha value is -1.54. The fourth-order valence-electron chi connectivity index (χ4n) is 2.48. The zero-order valence-electron chi connectivity index (χ0n) is 10.9. The normalized spacial score (nSPS) is 23.8. The molecule has 7 nitrogen and oxygen atoms in total. The summed E-state index contributed by atoms with van der Waals surface area (Å²) in [5, 5.41) is 9.00. The van der Waals surface area contributed by atoms with Crippen LogP contribution in [0.2, 0.25) is 0 Å². The highest BCUT2D eigenvalue weighted by atomic mass is 32.2. The maximum atomic E-state index is 5.43. The molecule has 8 heteroatoms. The highest BCUT2D eigenvalue weighted by Crippen LogP contribution is 2.31. The van der Waals surface area contributed by atoms with E-state index in [2.05, 4.69) is 44.3 Å². The number of aromatic nitrogens is 4. The number of nitrogen functional groups attached to an aromatic ring is 1. The number of aromatic amines is 1. The first kappa shape index (κ1) is 12.5. The fraction of sp³-hybridized carbons (Fsp3) is 0.545. The van der Waals surface area contributed by atoms with Crippen LogP contribution in [0.15, 0.2) is 6.20 Å². The van der Waals surface area contributed by atoms with Crippen molar-refractivity contribution in [2.45, 2.75) is 24.3 Å². The maximum absolute atomic E-state index is 5.43. The van der Waals surface area contributed by atoms with Gasteiger partial charge in [-0.3, -0.25) is 10.5 Å². The van der Waals surface area contributed by atoms with Crippen LogP contribution in [0.1, 0.15) is 13.8 Å². The van der Waals surface area contributed by atoms with E-state index >= 15 is 0 Å². The summed E-state index contributed by atoms with van der Waals surface area (Å²) in [5.41, 5.74) is 3.21. The first-order chi connectivity index (χ1) is 9.17. The van der Waals surface area contributed by atoms with E-state index in [0.29, 0.717) is 22.1 Å². The number of nitrogens with zero attached hydrogens (tertiary/aromatic N) is 4. The molecule has 3 rings (SSSR count). The van der Waals surface area contributed by atoms with Gasteiger partial charge in [-0.05, 0) is 0 Å². The molecule has 1 aliphatic heterocycles. The molecule has 3 heterocycles. The molecular weight excluding hydrogens is 262 g/mol. The average molecular weight is 279 g/mol. The number of anilines is 2. The number of rotatable bonds is 2. The minimum absolute atomic E-state index is 0.408. The number of thioether (sulfide) groups is 1. The largest absolute Gasteiger partial charge is 0.354 e. The Morgan fingerprint density at radius 3 is 2.79 bits per heavy atom. The Bertz CT molecular complexity index is 573. The summed E-state index contributed by atoms with van der Waals surface area (Å²) in [7, 11) is 0. The Labute approximate surface area is 115 Å². The van der Waals surface area contributed by atoms with Crippen molar-refractivity contribution in [2.24, 2.45) is 5.84 Å². The predicted octanol–water partition coefficient (Wildman–Crippen LogP) is 0.969. The van der Waals surface area contributed by atoms with Crippen molar-refractivity contribution < 1.29 is 0 Å². The average Bonchev–Trinajstić information content (AvgIpc) is 2.84. The van der Waals surface area contributed by atoms with Crippen LogP contribution < -0.4 is 16.2 Å². The van der Waals surface area contributed by atoms with Crippen molar-refractivity contribution in [3.05, 3.63) is 6.20 Å². The SMILES string of the molecule is CC1CN(c2nc(NN)nc3[nH]ncc23)CC(C)S1. The third-order valence-electron chi connectivity index (χ3n) is 3.14. The minimum atomic E-state index is 0.408. The zero-order valence-corrected chi connectivity index (χ0v) is 11.7. The van der Waals surface area contributed by atoms with Crippen LogP contribution in [0.3, 0.4) is 0 Å². The van der Waals surface area contributed by atoms with Crippen molar-refractivity contribution >= 4 is 34.6 Å². The van der Waals surface area contributed by atoms with Gasteiger partial charge in [-0.1, -0.05) is 13.8 Å². The molecule has 0 saturated carbocycles. The van der Waals surface area contributed by atoms with Gasteiger partial charge in [0.15, 0.2) is 5.65 Å². The van der Waals surface area contributed by atoms with Crippen molar-refractivity contribution in [3.8, 4) is 0 Å². The van der Waals surface area contributed by atoms with E-state index in [9.17, 15) is 0 Å². The van der Waals surface area contributed by atoms with E-state index in [1.54, 1.807) is 6.20 Å². The van der Waals surface area contributed by atoms with Gasteiger partial charge in [0, 0.05) is 23.6 Å². The number of hydrogen-bond donors (Lipinski definition) is 3. The second-order valence-corrected chi connectivity index (χ2v) is 6.69. The van der Waals surface area contributed by atoms with Crippen LogP contribution in [0.4, 0.5) is 11.8 Å². The number of hydrogen-bond acceptors (Lipinski definition) is 7. The lowest BCUT2D eigenvalue weighted by molar-refractivity contribution is 0.721. The number of fused-ring (bicyclic) bond motifs is 1. The molecule has 0 amide bonds. The molecule has 1 saturated heterocycles. The van der Waals surface area contributed by atoms with Crippen molar-refractivity contribution in [2.75, 3.05) is 23.4 Å². The lowest BCUT2D eigenvalue weighted by atomic mass is 10.3. The molecule has 0 aliphatic carbocycles. The van der Waals surface area contributed by atoms with E-state index < -0.39 is 0 Å². The Morgan fingerprint density at radius 2 is 2.11 bits per heavy atom. The molecule has 4 N–H and O–H groups in total. The quantitative estimate of drug-likeness (QED) is 0.557. The van der Waals surface area contributed by atoms with Gasteiger partial charge < -0.3 is 4.90 Å². The van der Waals surface area contributed by atoms with E-state index in [1.165, 1.54) is 0 Å². The highest BCUT2D eigenvalue weighted by Gasteiger charge is 2.25. The standard InChI is InChI=1S/C11H17N7S/c1-6-4-18(5-7(2)19-6)10-8-3-13-17-9(8)14-11(15-10)16-12/h3,6-7H,4-5,12H2,1-2H3,(H2,13,14,15,16,17). The molecule has 0 radical (unpaired) electrons. The smallest absolute Gasteiger partial charge is 0.241 e. The maximum Gasteiger partial charge on any atom is 0.241 e. The summed E-state index contributed by atoms with van der Waals surface area (Å²) in [6, 6.07) is 0. The molecule has 0 bridgehead atoms. The Morgan fingerprint density at radius 1 is 1.37 bits per heavy atom. The van der Waals surface area contributed by atoms with Gasteiger partial charge in [0.05, 0.1) is 11.6 Å². The Kier molecular flexibility index (Phi) is 3.19. The van der Waals surface area contributed by atoms with Crippen molar-refractivity contribution in [1.29, 1.82) is 0 Å². The molecule has 2 aromatic heterocycles. The van der Waals surface area contributed by atoms with Gasteiger partial charge in [-0.2, -0.15) is 26.8 Å². The van der Waals surface area contributed by atoms with Gasteiger partial charge in [0.2, 0.25) is 5.95 Å². The topological polar surface area (TPSA) is 95.8 Å². The van der Waals surface area contributed by atoms with Crippen LogP contribution >= 0.6 is 11.8 Å². The molecule has 102 valence electrons. The predicted molar refractivity (Wildman–Crippen MR) is 78.2 cm³/mol. The molecular formula is C11H17N7S. The van der Waals surface area contributed by atoms with Crippen LogP contribution in [0, 0.1) is 0 Å². The van der Waals surface area contributed by atoms with Crippen molar-refractivity contribution in [1.82, 2.24) is 20.2 Å². The van der Waals surface area contributed by atoms with Gasteiger partial charge in [0.25, 0.3) is 0 Å². The summed E-state index contributed by atoms with van der Waals surface area (Å²) >= 11 is 2.01. The van der Waals surface area contributed by atoms with Gasteiger partial charge in [-0.25, -0.2) is 5.84 Å². The molecule has 0 spiro atoms. The van der Waals surface area contributed by atoms with Gasteiger partial charge in [0.1, 0.15) is 5.82 Å². The number of H-pyrrole nitrogens is 1. The lowest BCUT2D eigenvalue weighted by Gasteiger charge is -2.35. The summed E-state index contributed by atoms with van der Waals surface area (Å²) in [6.45, 7) is 6.42.